The van der Waals surface area contributed by atoms with Gasteiger partial charge in [0.05, 0.1) is 23.5 Å². The monoisotopic (exact) mass is 445 g/mol. The van der Waals surface area contributed by atoms with E-state index in [0.29, 0.717) is 6.54 Å². The van der Waals surface area contributed by atoms with E-state index in [4.69, 9.17) is 4.98 Å². The van der Waals surface area contributed by atoms with Gasteiger partial charge in [-0.3, -0.25) is 4.79 Å². The highest BCUT2D eigenvalue weighted by Gasteiger charge is 2.23. The van der Waals surface area contributed by atoms with Gasteiger partial charge in [-0.1, -0.05) is 103 Å². The Labute approximate surface area is 199 Å². The van der Waals surface area contributed by atoms with Crippen LogP contribution in [0.15, 0.2) is 115 Å². The van der Waals surface area contributed by atoms with E-state index in [1.165, 1.54) is 5.56 Å². The lowest BCUT2D eigenvalue weighted by Gasteiger charge is -2.18. The molecule has 0 aliphatic heterocycles. The van der Waals surface area contributed by atoms with Gasteiger partial charge in [0.25, 0.3) is 0 Å². The maximum absolute atomic E-state index is 13.5. The minimum atomic E-state index is -0.371. The van der Waals surface area contributed by atoms with E-state index >= 15 is 0 Å². The Bertz CT molecular complexity index is 1320. The van der Waals surface area contributed by atoms with Gasteiger partial charge in [0.15, 0.2) is 0 Å². The molecule has 5 aromatic rings. The zero-order chi connectivity index (χ0) is 23.2. The Morgan fingerprint density at radius 1 is 0.735 bits per heavy atom. The molecule has 0 saturated carbocycles. The van der Waals surface area contributed by atoms with Crippen LogP contribution in [0, 0.1) is 0 Å². The zero-order valence-corrected chi connectivity index (χ0v) is 19.0. The quantitative estimate of drug-likeness (QED) is 0.332. The molecule has 1 amide bonds. The maximum atomic E-state index is 13.5. The minimum Gasteiger partial charge on any atom is -0.348 e. The van der Waals surface area contributed by atoms with E-state index in [9.17, 15) is 4.79 Å². The molecular weight excluding hydrogens is 418 g/mol. The number of para-hydroxylation sites is 2. The Kier molecular flexibility index (Phi) is 6.48. The molecule has 4 aromatic carbocycles. The minimum absolute atomic E-state index is 0.0286. The Balaban J connectivity index is 1.40. The predicted octanol–water partition coefficient (Wildman–Crippen LogP) is 5.73. The average Bonchev–Trinajstić information content (AvgIpc) is 3.26. The number of carbonyl (C=O) groups excluding carboxylic acids is 1. The molecule has 4 nitrogen and oxygen atoms in total. The molecule has 0 bridgehead atoms. The van der Waals surface area contributed by atoms with Crippen LogP contribution in [0.25, 0.3) is 11.0 Å². The van der Waals surface area contributed by atoms with Gasteiger partial charge in [-0.05, 0) is 35.2 Å². The Morgan fingerprint density at radius 3 is 1.94 bits per heavy atom. The van der Waals surface area contributed by atoms with Crippen molar-refractivity contribution in [2.75, 3.05) is 0 Å². The van der Waals surface area contributed by atoms with Crippen molar-refractivity contribution in [1.29, 1.82) is 0 Å². The molecule has 0 radical (unpaired) electrons. The van der Waals surface area contributed by atoms with Crippen molar-refractivity contribution in [3.05, 3.63) is 138 Å². The molecule has 5 rings (SSSR count). The summed E-state index contributed by atoms with van der Waals surface area (Å²) in [6, 6.07) is 38.5. The van der Waals surface area contributed by atoms with E-state index in [2.05, 4.69) is 40.2 Å². The first kappa shape index (κ1) is 21.7. The van der Waals surface area contributed by atoms with Gasteiger partial charge in [-0.15, -0.1) is 0 Å². The first-order valence-electron chi connectivity index (χ1n) is 11.7. The average molecular weight is 446 g/mol. The Morgan fingerprint density at radius 2 is 1.29 bits per heavy atom. The van der Waals surface area contributed by atoms with Crippen LogP contribution in [0.2, 0.25) is 0 Å². The topological polar surface area (TPSA) is 46.9 Å². The van der Waals surface area contributed by atoms with Crippen LogP contribution < -0.4 is 5.32 Å². The van der Waals surface area contributed by atoms with Crippen LogP contribution in [0.4, 0.5) is 0 Å². The molecule has 1 aromatic heterocycles. The smallest absolute Gasteiger partial charge is 0.232 e. The molecular formula is C30H27N3O. The number of aromatic nitrogens is 2. The van der Waals surface area contributed by atoms with Crippen molar-refractivity contribution in [3.8, 4) is 0 Å². The molecule has 1 N–H and O–H groups in total. The molecule has 34 heavy (non-hydrogen) atoms. The summed E-state index contributed by atoms with van der Waals surface area (Å²) in [6.45, 7) is 1.18. The number of benzene rings is 4. The van der Waals surface area contributed by atoms with Crippen LogP contribution >= 0.6 is 0 Å². The molecule has 4 heteroatoms. The summed E-state index contributed by atoms with van der Waals surface area (Å²) in [5.74, 6) is 0.467. The van der Waals surface area contributed by atoms with E-state index < -0.39 is 0 Å². The van der Waals surface area contributed by atoms with E-state index in [1.54, 1.807) is 0 Å². The number of carbonyl (C=O) groups is 1. The number of rotatable bonds is 8. The number of imidazole rings is 1. The predicted molar refractivity (Wildman–Crippen MR) is 136 cm³/mol. The van der Waals surface area contributed by atoms with Crippen molar-refractivity contribution >= 4 is 16.9 Å². The number of aryl methyl sites for hydroxylation is 2. The lowest BCUT2D eigenvalue weighted by Crippen LogP contribution is -2.30. The number of amides is 1. The number of nitrogens with one attached hydrogen (secondary N) is 1. The number of fused-ring (bicyclic) bond motifs is 1. The normalized spacial score (nSPS) is 11.1. The van der Waals surface area contributed by atoms with Crippen LogP contribution in [0.3, 0.4) is 0 Å². The lowest BCUT2D eigenvalue weighted by molar-refractivity contribution is -0.121. The highest BCUT2D eigenvalue weighted by Crippen LogP contribution is 2.25. The molecule has 0 saturated heterocycles. The first-order chi connectivity index (χ1) is 16.8. The molecule has 168 valence electrons. The van der Waals surface area contributed by atoms with Crippen LogP contribution in [-0.4, -0.2) is 15.5 Å². The SMILES string of the molecule is O=C(NCc1nc2ccccc2n1CCc1ccccc1)C(c1ccccc1)c1ccccc1. The second kappa shape index (κ2) is 10.2. The third-order valence-electron chi connectivity index (χ3n) is 6.15. The third-order valence-corrected chi connectivity index (χ3v) is 6.15. The largest absolute Gasteiger partial charge is 0.348 e. The molecule has 0 spiro atoms. The van der Waals surface area contributed by atoms with Crippen LogP contribution in [0.5, 0.6) is 0 Å². The van der Waals surface area contributed by atoms with Crippen LogP contribution in [-0.2, 0) is 24.3 Å². The van der Waals surface area contributed by atoms with E-state index in [0.717, 1.165) is 41.0 Å². The van der Waals surface area contributed by atoms with Gasteiger partial charge in [0, 0.05) is 6.54 Å². The fraction of sp³-hybridized carbons (Fsp3) is 0.133. The number of nitrogens with zero attached hydrogens (tertiary/aromatic N) is 2. The molecule has 0 fully saturated rings. The fourth-order valence-electron chi connectivity index (χ4n) is 4.45. The molecule has 0 aliphatic rings. The van der Waals surface area contributed by atoms with Gasteiger partial charge in [0.1, 0.15) is 5.82 Å². The van der Waals surface area contributed by atoms with Gasteiger partial charge in [-0.25, -0.2) is 4.98 Å². The maximum Gasteiger partial charge on any atom is 0.232 e. The highest BCUT2D eigenvalue weighted by molar-refractivity contribution is 5.87. The first-order valence-corrected chi connectivity index (χ1v) is 11.7. The summed E-state index contributed by atoms with van der Waals surface area (Å²) in [5.41, 5.74) is 5.27. The standard InChI is InChI=1S/C30H27N3O/c34-30(29(24-14-6-2-7-15-24)25-16-8-3-9-17-25)31-22-28-32-26-18-10-11-19-27(26)33(28)21-20-23-12-4-1-5-13-23/h1-19,29H,20-22H2,(H,31,34). The summed E-state index contributed by atoms with van der Waals surface area (Å²) in [4.78, 5) is 18.3. The summed E-state index contributed by atoms with van der Waals surface area (Å²) in [7, 11) is 0. The number of hydrogen-bond donors (Lipinski definition) is 1. The van der Waals surface area contributed by atoms with Crippen molar-refractivity contribution in [2.45, 2.75) is 25.4 Å². The van der Waals surface area contributed by atoms with Gasteiger partial charge >= 0.3 is 0 Å². The number of hydrogen-bond acceptors (Lipinski definition) is 2. The van der Waals surface area contributed by atoms with Crippen molar-refractivity contribution in [2.24, 2.45) is 0 Å². The summed E-state index contributed by atoms with van der Waals surface area (Å²) >= 11 is 0. The second-order valence-electron chi connectivity index (χ2n) is 8.38. The van der Waals surface area contributed by atoms with Crippen molar-refractivity contribution in [3.63, 3.8) is 0 Å². The molecule has 0 unspecified atom stereocenters. The zero-order valence-electron chi connectivity index (χ0n) is 19.0. The van der Waals surface area contributed by atoms with Crippen LogP contribution in [0.1, 0.15) is 28.4 Å². The summed E-state index contributed by atoms with van der Waals surface area (Å²) in [5, 5.41) is 3.17. The van der Waals surface area contributed by atoms with Gasteiger partial charge in [-0.2, -0.15) is 0 Å². The third kappa shape index (κ3) is 4.76. The summed E-state index contributed by atoms with van der Waals surface area (Å²) < 4.78 is 2.22. The second-order valence-corrected chi connectivity index (χ2v) is 8.38. The summed E-state index contributed by atoms with van der Waals surface area (Å²) in [6.07, 6.45) is 0.902. The van der Waals surface area contributed by atoms with Crippen molar-refractivity contribution < 1.29 is 4.79 Å². The van der Waals surface area contributed by atoms with E-state index in [1.807, 2.05) is 84.9 Å². The fourth-order valence-corrected chi connectivity index (χ4v) is 4.45. The van der Waals surface area contributed by atoms with Gasteiger partial charge < -0.3 is 9.88 Å². The Hall–Kier alpha value is -4.18. The van der Waals surface area contributed by atoms with Gasteiger partial charge in [0.2, 0.25) is 5.91 Å². The molecule has 0 aliphatic carbocycles. The molecule has 0 atom stereocenters. The molecule has 1 heterocycles. The highest BCUT2D eigenvalue weighted by atomic mass is 16.1. The lowest BCUT2D eigenvalue weighted by atomic mass is 9.90. The van der Waals surface area contributed by atoms with E-state index in [-0.39, 0.29) is 11.8 Å². The van der Waals surface area contributed by atoms with Crippen molar-refractivity contribution in [1.82, 2.24) is 14.9 Å².